The maximum Gasteiger partial charge on any atom is 0.119 e. The molecule has 0 spiro atoms. The Morgan fingerprint density at radius 1 is 0.618 bits per heavy atom. The zero-order valence-electron chi connectivity index (χ0n) is 19.9. The molecule has 1 unspecified atom stereocenters. The SMILES string of the molecule is COc1ccc(N2C(C)=C(C)C(c3ccccc3)=C(c3ccccc3)C2c2ccccc2)cc1. The molecule has 4 aromatic rings. The summed E-state index contributed by atoms with van der Waals surface area (Å²) in [6.07, 6.45) is 0. The average Bonchev–Trinajstić information content (AvgIpc) is 2.91. The molecular formula is C32H29NO. The van der Waals surface area contributed by atoms with Crippen LogP contribution in [0.4, 0.5) is 5.69 Å². The van der Waals surface area contributed by atoms with E-state index in [0.717, 1.165) is 11.4 Å². The molecule has 0 bridgehead atoms. The van der Waals surface area contributed by atoms with Gasteiger partial charge in [-0.3, -0.25) is 0 Å². The summed E-state index contributed by atoms with van der Waals surface area (Å²) in [7, 11) is 1.71. The van der Waals surface area contributed by atoms with Gasteiger partial charge >= 0.3 is 0 Å². The van der Waals surface area contributed by atoms with Gasteiger partial charge < -0.3 is 9.64 Å². The van der Waals surface area contributed by atoms with Crippen molar-refractivity contribution in [2.75, 3.05) is 12.0 Å². The van der Waals surface area contributed by atoms with E-state index >= 15 is 0 Å². The lowest BCUT2D eigenvalue weighted by molar-refractivity contribution is 0.415. The molecule has 1 heterocycles. The van der Waals surface area contributed by atoms with E-state index in [1.807, 2.05) is 12.1 Å². The minimum atomic E-state index is 0.0240. The van der Waals surface area contributed by atoms with E-state index in [2.05, 4.69) is 122 Å². The van der Waals surface area contributed by atoms with Crippen LogP contribution in [-0.4, -0.2) is 7.11 Å². The molecule has 1 aliphatic heterocycles. The number of anilines is 1. The summed E-state index contributed by atoms with van der Waals surface area (Å²) in [4.78, 5) is 2.47. The molecule has 2 nitrogen and oxygen atoms in total. The molecule has 168 valence electrons. The normalized spacial score (nSPS) is 16.1. The Kier molecular flexibility index (Phi) is 6.05. The summed E-state index contributed by atoms with van der Waals surface area (Å²) in [6.45, 7) is 4.48. The van der Waals surface area contributed by atoms with Crippen molar-refractivity contribution in [3.8, 4) is 5.75 Å². The van der Waals surface area contributed by atoms with E-state index in [-0.39, 0.29) is 6.04 Å². The molecule has 0 radical (unpaired) electrons. The predicted octanol–water partition coefficient (Wildman–Crippen LogP) is 8.16. The van der Waals surface area contributed by atoms with Gasteiger partial charge in [0.05, 0.1) is 13.2 Å². The van der Waals surface area contributed by atoms with Gasteiger partial charge in [0.2, 0.25) is 0 Å². The molecular weight excluding hydrogens is 414 g/mol. The number of hydrogen-bond donors (Lipinski definition) is 0. The molecule has 5 rings (SSSR count). The van der Waals surface area contributed by atoms with Crippen LogP contribution < -0.4 is 9.64 Å². The summed E-state index contributed by atoms with van der Waals surface area (Å²) >= 11 is 0. The quantitative estimate of drug-likeness (QED) is 0.308. The fourth-order valence-corrected chi connectivity index (χ4v) is 4.96. The third-order valence-corrected chi connectivity index (χ3v) is 6.69. The van der Waals surface area contributed by atoms with Gasteiger partial charge in [-0.05, 0) is 71.5 Å². The lowest BCUT2D eigenvalue weighted by Crippen LogP contribution is -2.32. The van der Waals surface area contributed by atoms with Crippen molar-refractivity contribution in [3.63, 3.8) is 0 Å². The first-order valence-corrected chi connectivity index (χ1v) is 11.7. The highest BCUT2D eigenvalue weighted by Gasteiger charge is 2.35. The number of hydrogen-bond acceptors (Lipinski definition) is 2. The van der Waals surface area contributed by atoms with E-state index in [1.165, 1.54) is 39.1 Å². The van der Waals surface area contributed by atoms with Gasteiger partial charge in [-0.1, -0.05) is 91.0 Å². The second-order valence-corrected chi connectivity index (χ2v) is 8.61. The standard InChI is InChI=1S/C32H29NO/c1-23-24(2)33(28-19-21-29(34-3)22-20-28)32(27-17-11-6-12-18-27)31(26-15-9-5-10-16-26)30(23)25-13-7-4-8-14-25/h4-22,32H,1-3H3. The van der Waals surface area contributed by atoms with Crippen LogP contribution in [0, 0.1) is 0 Å². The van der Waals surface area contributed by atoms with Gasteiger partial charge in [-0.25, -0.2) is 0 Å². The van der Waals surface area contributed by atoms with Crippen LogP contribution in [0.25, 0.3) is 11.1 Å². The van der Waals surface area contributed by atoms with Gasteiger partial charge in [0.25, 0.3) is 0 Å². The van der Waals surface area contributed by atoms with Gasteiger partial charge in [0.1, 0.15) is 5.75 Å². The number of rotatable bonds is 5. The van der Waals surface area contributed by atoms with Crippen LogP contribution in [0.15, 0.2) is 127 Å². The van der Waals surface area contributed by atoms with Crippen LogP contribution >= 0.6 is 0 Å². The fraction of sp³-hybridized carbons (Fsp3) is 0.125. The van der Waals surface area contributed by atoms with Gasteiger partial charge in [-0.15, -0.1) is 0 Å². The third-order valence-electron chi connectivity index (χ3n) is 6.69. The molecule has 1 atom stereocenters. The highest BCUT2D eigenvalue weighted by molar-refractivity contribution is 6.03. The first kappa shape index (κ1) is 21.8. The Morgan fingerprint density at radius 3 is 1.71 bits per heavy atom. The van der Waals surface area contributed by atoms with Crippen molar-refractivity contribution in [1.82, 2.24) is 0 Å². The molecule has 2 heteroatoms. The zero-order valence-corrected chi connectivity index (χ0v) is 19.9. The predicted molar refractivity (Wildman–Crippen MR) is 143 cm³/mol. The Labute approximate surface area is 202 Å². The van der Waals surface area contributed by atoms with Crippen molar-refractivity contribution in [1.29, 1.82) is 0 Å². The first-order chi connectivity index (χ1) is 16.7. The van der Waals surface area contributed by atoms with E-state index in [9.17, 15) is 0 Å². The van der Waals surface area contributed by atoms with Crippen LogP contribution in [0.1, 0.15) is 36.6 Å². The molecule has 0 fully saturated rings. The largest absolute Gasteiger partial charge is 0.497 e. The summed E-state index contributed by atoms with van der Waals surface area (Å²) in [5.41, 5.74) is 10.0. The third kappa shape index (κ3) is 3.92. The van der Waals surface area contributed by atoms with Gasteiger partial charge in [0, 0.05) is 11.4 Å². The van der Waals surface area contributed by atoms with Gasteiger partial charge in [-0.2, -0.15) is 0 Å². The first-order valence-electron chi connectivity index (χ1n) is 11.7. The van der Waals surface area contributed by atoms with Crippen LogP contribution in [-0.2, 0) is 0 Å². The minimum absolute atomic E-state index is 0.0240. The number of benzene rings is 4. The van der Waals surface area contributed by atoms with Crippen LogP contribution in [0.5, 0.6) is 5.75 Å². The Balaban J connectivity index is 1.83. The van der Waals surface area contributed by atoms with Crippen molar-refractivity contribution < 1.29 is 4.74 Å². The molecule has 4 aromatic carbocycles. The van der Waals surface area contributed by atoms with E-state index in [0.29, 0.717) is 0 Å². The Morgan fingerprint density at radius 2 is 1.15 bits per heavy atom. The number of ether oxygens (including phenoxy) is 1. The number of methoxy groups -OCH3 is 1. The van der Waals surface area contributed by atoms with E-state index in [4.69, 9.17) is 4.74 Å². The zero-order chi connectivity index (χ0) is 23.5. The molecule has 0 aromatic heterocycles. The Bertz CT molecular complexity index is 1320. The lowest BCUT2D eigenvalue weighted by atomic mass is 9.79. The second kappa shape index (κ2) is 9.44. The molecule has 0 amide bonds. The van der Waals surface area contributed by atoms with Crippen molar-refractivity contribution in [2.45, 2.75) is 19.9 Å². The van der Waals surface area contributed by atoms with Crippen molar-refractivity contribution >= 4 is 16.8 Å². The number of nitrogens with zero attached hydrogens (tertiary/aromatic N) is 1. The maximum atomic E-state index is 5.44. The molecule has 0 aliphatic carbocycles. The molecule has 1 aliphatic rings. The topological polar surface area (TPSA) is 12.5 Å². The van der Waals surface area contributed by atoms with Crippen LogP contribution in [0.3, 0.4) is 0 Å². The summed E-state index contributed by atoms with van der Waals surface area (Å²) in [5, 5.41) is 0. The maximum absolute atomic E-state index is 5.44. The summed E-state index contributed by atoms with van der Waals surface area (Å²) in [6, 6.07) is 40.8. The Hall–Kier alpha value is -4.04. The van der Waals surface area contributed by atoms with E-state index in [1.54, 1.807) is 7.11 Å². The smallest absolute Gasteiger partial charge is 0.119 e. The molecule has 0 saturated heterocycles. The van der Waals surface area contributed by atoms with E-state index < -0.39 is 0 Å². The summed E-state index contributed by atoms with van der Waals surface area (Å²) in [5.74, 6) is 0.860. The van der Waals surface area contributed by atoms with Crippen LogP contribution in [0.2, 0.25) is 0 Å². The monoisotopic (exact) mass is 443 g/mol. The van der Waals surface area contributed by atoms with Gasteiger partial charge in [0.15, 0.2) is 0 Å². The lowest BCUT2D eigenvalue weighted by Gasteiger charge is -2.42. The average molecular weight is 444 g/mol. The summed E-state index contributed by atoms with van der Waals surface area (Å²) < 4.78 is 5.44. The van der Waals surface area contributed by atoms with Crippen molar-refractivity contribution in [2.24, 2.45) is 0 Å². The second-order valence-electron chi connectivity index (χ2n) is 8.61. The highest BCUT2D eigenvalue weighted by atomic mass is 16.5. The number of allylic oxidation sites excluding steroid dienone is 3. The minimum Gasteiger partial charge on any atom is -0.497 e. The molecule has 34 heavy (non-hydrogen) atoms. The van der Waals surface area contributed by atoms with Crippen molar-refractivity contribution in [3.05, 3.63) is 143 Å². The highest BCUT2D eigenvalue weighted by Crippen LogP contribution is 2.50. The molecule has 0 saturated carbocycles. The molecule has 0 N–H and O–H groups in total. The fourth-order valence-electron chi connectivity index (χ4n) is 4.96.